The lowest BCUT2D eigenvalue weighted by atomic mass is 9.96. The zero-order valence-electron chi connectivity index (χ0n) is 20.1. The van der Waals surface area contributed by atoms with Gasteiger partial charge in [-0.25, -0.2) is 8.78 Å². The topological polar surface area (TPSA) is 106 Å². The van der Waals surface area contributed by atoms with Gasteiger partial charge in [0.05, 0.1) is 22.2 Å². The van der Waals surface area contributed by atoms with Crippen LogP contribution in [-0.4, -0.2) is 44.8 Å². The number of rotatable bonds is 0. The summed E-state index contributed by atoms with van der Waals surface area (Å²) in [5, 5.41) is 9.45. The van der Waals surface area contributed by atoms with Gasteiger partial charge < -0.3 is 15.1 Å². The van der Waals surface area contributed by atoms with E-state index in [1.54, 1.807) is 12.1 Å². The largest absolute Gasteiger partial charge is 0.481 e. The molecule has 3 aromatic carbocycles. The Kier molecular flexibility index (Phi) is 5.99. The minimum atomic E-state index is -0.833. The molecule has 3 N–H and O–H groups in total. The van der Waals surface area contributed by atoms with E-state index in [1.807, 2.05) is 0 Å². The SMILES string of the molecule is C1=CCCC1.CC(=O)O.CN1C(=O)c2c(c3c4cc(F)ccc4[nH]c3c3[nH]c4ccc(F)cc4c23)C1=O. The first-order valence-electron chi connectivity index (χ1n) is 11.7. The van der Waals surface area contributed by atoms with E-state index in [9.17, 15) is 18.4 Å². The summed E-state index contributed by atoms with van der Waals surface area (Å²) in [6, 6.07) is 8.54. The molecule has 1 aliphatic carbocycles. The van der Waals surface area contributed by atoms with Crippen LogP contribution in [0.15, 0.2) is 48.6 Å². The highest BCUT2D eigenvalue weighted by Gasteiger charge is 2.39. The van der Waals surface area contributed by atoms with Crippen LogP contribution in [0.2, 0.25) is 0 Å². The van der Waals surface area contributed by atoms with Gasteiger partial charge in [-0.15, -0.1) is 0 Å². The van der Waals surface area contributed by atoms with E-state index in [1.165, 1.54) is 50.6 Å². The number of aromatic amines is 2. The smallest absolute Gasteiger partial charge is 0.300 e. The van der Waals surface area contributed by atoms with E-state index in [0.29, 0.717) is 43.6 Å². The minimum Gasteiger partial charge on any atom is -0.481 e. The number of H-pyrrole nitrogens is 2. The number of carbonyl (C=O) groups excluding carboxylic acids is 2. The second kappa shape index (κ2) is 9.16. The highest BCUT2D eigenvalue weighted by Crippen LogP contribution is 2.43. The second-order valence-electron chi connectivity index (χ2n) is 8.97. The van der Waals surface area contributed by atoms with Crippen molar-refractivity contribution in [3.63, 3.8) is 0 Å². The van der Waals surface area contributed by atoms with Crippen LogP contribution >= 0.6 is 0 Å². The summed E-state index contributed by atoms with van der Waals surface area (Å²) in [4.78, 5) is 42.4. The first-order chi connectivity index (χ1) is 17.7. The van der Waals surface area contributed by atoms with Crippen LogP contribution in [0.1, 0.15) is 46.9 Å². The van der Waals surface area contributed by atoms with Crippen molar-refractivity contribution in [1.82, 2.24) is 14.9 Å². The van der Waals surface area contributed by atoms with Gasteiger partial charge in [-0.1, -0.05) is 12.2 Å². The molecule has 5 aromatic rings. The summed E-state index contributed by atoms with van der Waals surface area (Å²) in [5.41, 5.74) is 2.90. The first kappa shape index (κ1) is 24.2. The van der Waals surface area contributed by atoms with E-state index >= 15 is 0 Å². The lowest BCUT2D eigenvalue weighted by Gasteiger charge is -2.03. The van der Waals surface area contributed by atoms with Crippen molar-refractivity contribution in [3.8, 4) is 0 Å². The van der Waals surface area contributed by atoms with Gasteiger partial charge in [0.2, 0.25) is 0 Å². The van der Waals surface area contributed by atoms with Gasteiger partial charge in [0.1, 0.15) is 11.6 Å². The van der Waals surface area contributed by atoms with Crippen molar-refractivity contribution in [3.05, 3.63) is 71.3 Å². The molecule has 0 radical (unpaired) electrons. The average Bonchev–Trinajstić information content (AvgIpc) is 3.63. The summed E-state index contributed by atoms with van der Waals surface area (Å²) >= 11 is 0. The molecule has 7 rings (SSSR count). The molecule has 2 amide bonds. The second-order valence-corrected chi connectivity index (χ2v) is 8.97. The predicted octanol–water partition coefficient (Wildman–Crippen LogP) is 6.28. The molecule has 9 heteroatoms. The Bertz CT molecular complexity index is 1660. The van der Waals surface area contributed by atoms with Gasteiger partial charge >= 0.3 is 0 Å². The quantitative estimate of drug-likeness (QED) is 0.171. The van der Waals surface area contributed by atoms with E-state index < -0.39 is 29.4 Å². The summed E-state index contributed by atoms with van der Waals surface area (Å²) < 4.78 is 27.9. The van der Waals surface area contributed by atoms with Crippen LogP contribution < -0.4 is 0 Å². The lowest BCUT2D eigenvalue weighted by Crippen LogP contribution is -2.24. The summed E-state index contributed by atoms with van der Waals surface area (Å²) in [5.74, 6) is -2.62. The van der Waals surface area contributed by atoms with Crippen LogP contribution in [0.25, 0.3) is 43.6 Å². The Balaban J connectivity index is 0.000000267. The Morgan fingerprint density at radius 2 is 1.24 bits per heavy atom. The maximum atomic E-state index is 13.9. The molecule has 0 atom stereocenters. The van der Waals surface area contributed by atoms with Gasteiger partial charge in [0.25, 0.3) is 17.8 Å². The number of aromatic nitrogens is 2. The number of halogens is 2. The zero-order chi connectivity index (χ0) is 26.4. The number of imide groups is 1. The van der Waals surface area contributed by atoms with Crippen LogP contribution in [0, 0.1) is 11.6 Å². The molecule has 0 fully saturated rings. The fourth-order valence-electron chi connectivity index (χ4n) is 4.92. The number of carboxylic acid groups (broad SMARTS) is 1. The summed E-state index contributed by atoms with van der Waals surface area (Å²) in [6.45, 7) is 1.08. The van der Waals surface area contributed by atoms with Crippen molar-refractivity contribution in [1.29, 1.82) is 0 Å². The van der Waals surface area contributed by atoms with Gasteiger partial charge in [0, 0.05) is 46.5 Å². The van der Waals surface area contributed by atoms with Crippen molar-refractivity contribution in [2.75, 3.05) is 7.05 Å². The standard InChI is InChI=1S/C21H11F2N3O2.C5H8.C2H4O2/c1-26-20(27)16-14-10-6-8(22)2-4-12(10)24-18(14)19-15(17(16)21(26)28)11-7-9(23)3-5-13(11)25-19;1-2-4-5-3-1;1-2(3)4/h2-7,24-25H,1H3;1-2H,3-5H2;1H3,(H,3,4). The van der Waals surface area contributed by atoms with Crippen LogP contribution in [0.3, 0.4) is 0 Å². The van der Waals surface area contributed by atoms with Gasteiger partial charge in [-0.05, 0) is 55.7 Å². The molecule has 0 saturated carbocycles. The number of fused-ring (bicyclic) bond motifs is 10. The molecular formula is C28H23F2N3O4. The van der Waals surface area contributed by atoms with E-state index in [2.05, 4.69) is 22.1 Å². The van der Waals surface area contributed by atoms with Gasteiger partial charge in [-0.2, -0.15) is 0 Å². The molecule has 0 unspecified atom stereocenters. The molecule has 2 aromatic heterocycles. The third-order valence-corrected chi connectivity index (χ3v) is 6.47. The number of amides is 2. The summed E-state index contributed by atoms with van der Waals surface area (Å²) in [7, 11) is 1.41. The average molecular weight is 504 g/mol. The maximum absolute atomic E-state index is 13.9. The number of carboxylic acids is 1. The number of nitrogens with one attached hydrogen (secondary N) is 2. The molecular weight excluding hydrogens is 480 g/mol. The maximum Gasteiger partial charge on any atom is 0.300 e. The number of benzene rings is 3. The Morgan fingerprint density at radius 1 is 0.838 bits per heavy atom. The molecule has 0 bridgehead atoms. The highest BCUT2D eigenvalue weighted by atomic mass is 19.1. The number of allylic oxidation sites excluding steroid dienone is 2. The minimum absolute atomic E-state index is 0.219. The number of carbonyl (C=O) groups is 3. The van der Waals surface area contributed by atoms with Crippen LogP contribution in [0.4, 0.5) is 8.78 Å². The van der Waals surface area contributed by atoms with Gasteiger partial charge in [-0.3, -0.25) is 19.3 Å². The van der Waals surface area contributed by atoms with E-state index in [0.717, 1.165) is 11.8 Å². The fraction of sp³-hybridized carbons (Fsp3) is 0.179. The van der Waals surface area contributed by atoms with Crippen molar-refractivity contribution < 1.29 is 28.3 Å². The molecule has 3 heterocycles. The molecule has 2 aliphatic rings. The predicted molar refractivity (Wildman–Crippen MR) is 138 cm³/mol. The van der Waals surface area contributed by atoms with E-state index in [-0.39, 0.29) is 11.1 Å². The number of hydrogen-bond acceptors (Lipinski definition) is 3. The highest BCUT2D eigenvalue weighted by molar-refractivity contribution is 6.38. The number of aliphatic carboxylic acids is 1. The van der Waals surface area contributed by atoms with Crippen molar-refractivity contribution in [2.45, 2.75) is 26.2 Å². The molecule has 0 saturated heterocycles. The Hall–Kier alpha value is -4.53. The molecule has 0 spiro atoms. The van der Waals surface area contributed by atoms with Crippen LogP contribution in [0.5, 0.6) is 0 Å². The first-order valence-corrected chi connectivity index (χ1v) is 11.7. The molecule has 37 heavy (non-hydrogen) atoms. The van der Waals surface area contributed by atoms with Crippen molar-refractivity contribution in [2.24, 2.45) is 0 Å². The number of nitrogens with zero attached hydrogens (tertiary/aromatic N) is 1. The van der Waals surface area contributed by atoms with E-state index in [4.69, 9.17) is 9.90 Å². The molecule has 7 nitrogen and oxygen atoms in total. The Labute approximate surface area is 209 Å². The Morgan fingerprint density at radius 3 is 1.59 bits per heavy atom. The van der Waals surface area contributed by atoms with Gasteiger partial charge in [0.15, 0.2) is 0 Å². The summed E-state index contributed by atoms with van der Waals surface area (Å²) in [6.07, 6.45) is 8.50. The zero-order valence-corrected chi connectivity index (χ0v) is 20.1. The molecule has 188 valence electrons. The number of hydrogen-bond donors (Lipinski definition) is 3. The van der Waals surface area contributed by atoms with Crippen LogP contribution in [-0.2, 0) is 4.79 Å². The third-order valence-electron chi connectivity index (χ3n) is 6.47. The lowest BCUT2D eigenvalue weighted by molar-refractivity contribution is -0.134. The molecule has 1 aliphatic heterocycles. The third kappa shape index (κ3) is 4.02. The monoisotopic (exact) mass is 503 g/mol. The fourth-order valence-corrected chi connectivity index (χ4v) is 4.92. The van der Waals surface area contributed by atoms with Crippen molar-refractivity contribution >= 4 is 61.4 Å². The normalized spacial score (nSPS) is 14.3.